The van der Waals surface area contributed by atoms with Crippen molar-refractivity contribution in [1.29, 1.82) is 0 Å². The third kappa shape index (κ3) is 5.54. The van der Waals surface area contributed by atoms with Crippen molar-refractivity contribution < 1.29 is 19.4 Å². The molecule has 2 saturated heterocycles. The zero-order valence-electron chi connectivity index (χ0n) is 24.7. The van der Waals surface area contributed by atoms with Crippen LogP contribution in [0.15, 0.2) is 29.6 Å². The van der Waals surface area contributed by atoms with Crippen molar-refractivity contribution in [1.82, 2.24) is 23.9 Å². The number of hydrogen-bond donors (Lipinski definition) is 2. The van der Waals surface area contributed by atoms with Crippen LogP contribution < -0.4 is 10.5 Å². The minimum Gasteiger partial charge on any atom is -0.494 e. The Morgan fingerprint density at radius 3 is 2.60 bits per heavy atom. The Morgan fingerprint density at radius 2 is 1.88 bits per heavy atom. The molecule has 1 aromatic carbocycles. The van der Waals surface area contributed by atoms with E-state index in [0.717, 1.165) is 61.6 Å². The summed E-state index contributed by atoms with van der Waals surface area (Å²) in [6.07, 6.45) is 5.69. The number of thiophene rings is 1. The average Bonchev–Trinajstić information content (AvgIpc) is 3.43. The zero-order valence-corrected chi connectivity index (χ0v) is 25.5. The molecule has 43 heavy (non-hydrogen) atoms. The van der Waals surface area contributed by atoms with Gasteiger partial charge in [0.2, 0.25) is 0 Å². The molecule has 1 atom stereocenters. The molecule has 3 aromatic heterocycles. The lowest BCUT2D eigenvalue weighted by atomic mass is 9.97. The third-order valence-corrected chi connectivity index (χ3v) is 10.4. The minimum absolute atomic E-state index is 0.00262. The Kier molecular flexibility index (Phi) is 7.65. The number of carbonyl (C=O) groups excluding carboxylic acids is 1. The smallest absolute Gasteiger partial charge is 0.306 e. The number of imidazole rings is 1. The molecular formula is C32H40N6O4S. The zero-order chi connectivity index (χ0) is 29.7. The van der Waals surface area contributed by atoms with Gasteiger partial charge in [0.25, 0.3) is 5.91 Å². The highest BCUT2D eigenvalue weighted by atomic mass is 32.1. The third-order valence-electron chi connectivity index (χ3n) is 9.46. The maximum Gasteiger partial charge on any atom is 0.306 e. The largest absolute Gasteiger partial charge is 0.494 e. The summed E-state index contributed by atoms with van der Waals surface area (Å²) in [5.74, 6) is 1.21. The van der Waals surface area contributed by atoms with Gasteiger partial charge >= 0.3 is 5.97 Å². The quantitative estimate of drug-likeness (QED) is 0.289. The van der Waals surface area contributed by atoms with Gasteiger partial charge in [-0.1, -0.05) is 0 Å². The number of carboxylic acid groups (broad SMARTS) is 1. The van der Waals surface area contributed by atoms with Crippen LogP contribution in [0, 0.1) is 11.8 Å². The average molecular weight is 605 g/mol. The van der Waals surface area contributed by atoms with E-state index >= 15 is 0 Å². The van der Waals surface area contributed by atoms with E-state index in [1.54, 1.807) is 18.4 Å². The predicted octanol–water partition coefficient (Wildman–Crippen LogP) is 4.50. The number of fused-ring (bicyclic) bond motifs is 2. The summed E-state index contributed by atoms with van der Waals surface area (Å²) in [7, 11) is 1.65. The van der Waals surface area contributed by atoms with Gasteiger partial charge in [-0.2, -0.15) is 0 Å². The topological polar surface area (TPSA) is 119 Å². The van der Waals surface area contributed by atoms with Gasteiger partial charge < -0.3 is 34.5 Å². The monoisotopic (exact) mass is 604 g/mol. The van der Waals surface area contributed by atoms with Crippen LogP contribution in [0.1, 0.15) is 48.9 Å². The van der Waals surface area contributed by atoms with Crippen molar-refractivity contribution >= 4 is 44.5 Å². The van der Waals surface area contributed by atoms with Crippen LogP contribution in [-0.4, -0.2) is 86.8 Å². The molecule has 10 nitrogen and oxygen atoms in total. The molecule has 5 heterocycles. The van der Waals surface area contributed by atoms with Gasteiger partial charge in [-0.15, -0.1) is 11.3 Å². The SMILES string of the molecule is COc1cc(C(=O)N2CCCC(N)C2)cc2nc(-c3cc4ccsc4n3CC3CC3)n(CCN3CCC(C(=O)O)CC3)c12. The highest BCUT2D eigenvalue weighted by Gasteiger charge is 2.29. The molecular weight excluding hydrogens is 564 g/mol. The molecule has 4 aromatic rings. The molecule has 2 aliphatic heterocycles. The molecule has 0 spiro atoms. The number of carbonyl (C=O) groups is 2. The highest BCUT2D eigenvalue weighted by molar-refractivity contribution is 7.16. The van der Waals surface area contributed by atoms with Gasteiger partial charge in [-0.05, 0) is 87.2 Å². The van der Waals surface area contributed by atoms with Crippen molar-refractivity contribution in [3.8, 4) is 17.3 Å². The number of nitrogens with two attached hydrogens (primary N) is 1. The molecule has 228 valence electrons. The fraction of sp³-hybridized carbons (Fsp3) is 0.531. The Labute approximate surface area is 255 Å². The van der Waals surface area contributed by atoms with Crippen LogP contribution in [0.2, 0.25) is 0 Å². The molecule has 3 fully saturated rings. The summed E-state index contributed by atoms with van der Waals surface area (Å²) in [6.45, 7) is 5.22. The summed E-state index contributed by atoms with van der Waals surface area (Å²) in [4.78, 5) is 35.8. The number of nitrogens with zero attached hydrogens (tertiary/aromatic N) is 5. The second-order valence-electron chi connectivity index (χ2n) is 12.5. The maximum absolute atomic E-state index is 13.6. The molecule has 1 amide bonds. The first-order valence-electron chi connectivity index (χ1n) is 15.5. The van der Waals surface area contributed by atoms with Gasteiger partial charge in [0.15, 0.2) is 5.82 Å². The van der Waals surface area contributed by atoms with Gasteiger partial charge in [0, 0.05) is 49.7 Å². The van der Waals surface area contributed by atoms with Gasteiger partial charge in [-0.25, -0.2) is 4.98 Å². The number of aromatic nitrogens is 3. The number of piperidine rings is 2. The minimum atomic E-state index is -0.694. The van der Waals surface area contributed by atoms with E-state index in [1.807, 2.05) is 17.0 Å². The number of benzene rings is 1. The van der Waals surface area contributed by atoms with E-state index in [2.05, 4.69) is 31.5 Å². The molecule has 1 saturated carbocycles. The lowest BCUT2D eigenvalue weighted by Gasteiger charge is -2.31. The first kappa shape index (κ1) is 28.4. The number of rotatable bonds is 9. The number of hydrogen-bond acceptors (Lipinski definition) is 7. The molecule has 11 heteroatoms. The molecule has 0 bridgehead atoms. The van der Waals surface area contributed by atoms with Crippen molar-refractivity contribution in [3.05, 3.63) is 35.2 Å². The number of aliphatic carboxylic acids is 1. The molecule has 0 radical (unpaired) electrons. The summed E-state index contributed by atoms with van der Waals surface area (Å²) in [6, 6.07) is 8.19. The van der Waals surface area contributed by atoms with Crippen molar-refractivity contribution in [3.63, 3.8) is 0 Å². The fourth-order valence-electron chi connectivity index (χ4n) is 6.84. The summed E-state index contributed by atoms with van der Waals surface area (Å²) >= 11 is 1.77. The Bertz CT molecular complexity index is 1660. The van der Waals surface area contributed by atoms with E-state index in [0.29, 0.717) is 49.7 Å². The summed E-state index contributed by atoms with van der Waals surface area (Å²) < 4.78 is 10.6. The van der Waals surface area contributed by atoms with Crippen molar-refractivity contribution in [2.24, 2.45) is 17.6 Å². The molecule has 1 unspecified atom stereocenters. The number of methoxy groups -OCH3 is 1. The standard InChI is InChI=1S/C32H40N6O4S/c1-42-27-17-23(30(39)36-9-2-3-24(33)19-36)15-25-28(27)37(13-12-35-10-6-21(7-11-35)32(40)41)29(34-25)26-16-22-8-14-43-31(22)38(26)18-20-4-5-20/h8,14-17,20-21,24H,2-7,9-13,18-19,33H2,1H3,(H,40,41). The van der Waals surface area contributed by atoms with Crippen molar-refractivity contribution in [2.45, 2.75) is 57.7 Å². The normalized spacial score (nSPS) is 20.3. The molecule has 3 N–H and O–H groups in total. The van der Waals surface area contributed by atoms with E-state index in [9.17, 15) is 14.7 Å². The van der Waals surface area contributed by atoms with Crippen LogP contribution in [0.3, 0.4) is 0 Å². The number of ether oxygens (including phenoxy) is 1. The number of amides is 1. The second kappa shape index (κ2) is 11.6. The van der Waals surface area contributed by atoms with E-state index in [-0.39, 0.29) is 17.9 Å². The van der Waals surface area contributed by atoms with E-state index < -0.39 is 5.97 Å². The Hall–Kier alpha value is -3.41. The first-order chi connectivity index (χ1) is 20.9. The first-order valence-corrected chi connectivity index (χ1v) is 16.4. The van der Waals surface area contributed by atoms with Crippen molar-refractivity contribution in [2.75, 3.05) is 39.8 Å². The lowest BCUT2D eigenvalue weighted by Crippen LogP contribution is -2.45. The van der Waals surface area contributed by atoms with Crippen LogP contribution in [0.25, 0.3) is 32.8 Å². The lowest BCUT2D eigenvalue weighted by molar-refractivity contribution is -0.143. The van der Waals surface area contributed by atoms with E-state index in [1.165, 1.54) is 23.1 Å². The van der Waals surface area contributed by atoms with Gasteiger partial charge in [0.1, 0.15) is 16.1 Å². The van der Waals surface area contributed by atoms with Crippen LogP contribution in [0.5, 0.6) is 5.75 Å². The number of likely N-dealkylation sites (tertiary alicyclic amines) is 2. The fourth-order valence-corrected chi connectivity index (χ4v) is 7.75. The predicted molar refractivity (Wildman–Crippen MR) is 168 cm³/mol. The van der Waals surface area contributed by atoms with Gasteiger partial charge in [0.05, 0.1) is 24.2 Å². The van der Waals surface area contributed by atoms with Crippen LogP contribution in [-0.2, 0) is 17.9 Å². The Balaban J connectivity index is 1.29. The second-order valence-corrected chi connectivity index (χ2v) is 13.4. The molecule has 3 aliphatic rings. The Morgan fingerprint density at radius 1 is 1.07 bits per heavy atom. The summed E-state index contributed by atoms with van der Waals surface area (Å²) in [5, 5.41) is 12.8. The summed E-state index contributed by atoms with van der Waals surface area (Å²) in [5.41, 5.74) is 9.48. The maximum atomic E-state index is 13.6. The molecule has 7 rings (SSSR count). The van der Waals surface area contributed by atoms with Gasteiger partial charge in [-0.3, -0.25) is 9.59 Å². The molecule has 1 aliphatic carbocycles. The van der Waals surface area contributed by atoms with Crippen LogP contribution in [0.4, 0.5) is 0 Å². The van der Waals surface area contributed by atoms with E-state index in [4.69, 9.17) is 15.5 Å². The highest BCUT2D eigenvalue weighted by Crippen LogP contribution is 2.39. The number of carboxylic acids is 1. The van der Waals surface area contributed by atoms with Crippen LogP contribution >= 0.6 is 11.3 Å².